The molecule has 1 aliphatic rings. The molecule has 104 valence electrons. The third-order valence-electron chi connectivity index (χ3n) is 3.24. The number of para-hydroxylation sites is 1. The SMILES string of the molecule is C1=NC(CSc2ncnc3nc[nH]c23)Nc2ccccc21. The van der Waals surface area contributed by atoms with Gasteiger partial charge in [-0.2, -0.15) is 0 Å². The Balaban J connectivity index is 1.50. The maximum Gasteiger partial charge on any atom is 0.181 e. The Kier molecular flexibility index (Phi) is 3.04. The lowest BCUT2D eigenvalue weighted by atomic mass is 10.1. The van der Waals surface area contributed by atoms with Gasteiger partial charge in [-0.15, -0.1) is 0 Å². The highest BCUT2D eigenvalue weighted by atomic mass is 32.2. The number of H-pyrrole nitrogens is 1. The molecule has 4 rings (SSSR count). The molecule has 2 aromatic heterocycles. The summed E-state index contributed by atoms with van der Waals surface area (Å²) in [5.41, 5.74) is 3.81. The number of benzene rings is 1. The van der Waals surface area contributed by atoms with Gasteiger partial charge < -0.3 is 10.3 Å². The fourth-order valence-electron chi connectivity index (χ4n) is 2.22. The van der Waals surface area contributed by atoms with Gasteiger partial charge in [0, 0.05) is 23.2 Å². The Bertz CT molecular complexity index is 812. The molecular formula is C14H12N6S. The van der Waals surface area contributed by atoms with E-state index in [0.29, 0.717) is 5.65 Å². The largest absolute Gasteiger partial charge is 0.363 e. The van der Waals surface area contributed by atoms with E-state index in [2.05, 4.69) is 36.3 Å². The topological polar surface area (TPSA) is 78.8 Å². The summed E-state index contributed by atoms with van der Waals surface area (Å²) in [6, 6.07) is 8.15. The van der Waals surface area contributed by atoms with Crippen molar-refractivity contribution in [2.75, 3.05) is 11.1 Å². The molecule has 6 nitrogen and oxygen atoms in total. The summed E-state index contributed by atoms with van der Waals surface area (Å²) in [4.78, 5) is 20.2. The van der Waals surface area contributed by atoms with Crippen molar-refractivity contribution < 1.29 is 0 Å². The molecule has 3 aromatic rings. The molecule has 0 bridgehead atoms. The van der Waals surface area contributed by atoms with Crippen molar-refractivity contribution in [3.05, 3.63) is 42.5 Å². The van der Waals surface area contributed by atoms with E-state index < -0.39 is 0 Å². The zero-order valence-electron chi connectivity index (χ0n) is 11.0. The zero-order chi connectivity index (χ0) is 14.1. The van der Waals surface area contributed by atoms with Crippen molar-refractivity contribution in [2.45, 2.75) is 11.2 Å². The van der Waals surface area contributed by atoms with E-state index in [1.165, 1.54) is 0 Å². The second-order valence-electron chi connectivity index (χ2n) is 4.62. The fraction of sp³-hybridized carbons (Fsp3) is 0.143. The average Bonchev–Trinajstić information content (AvgIpc) is 3.02. The first-order chi connectivity index (χ1) is 10.4. The number of anilines is 1. The summed E-state index contributed by atoms with van der Waals surface area (Å²) in [6.07, 6.45) is 5.13. The van der Waals surface area contributed by atoms with Crippen LogP contribution in [-0.4, -0.2) is 38.1 Å². The first-order valence-electron chi connectivity index (χ1n) is 6.56. The minimum Gasteiger partial charge on any atom is -0.363 e. The summed E-state index contributed by atoms with van der Waals surface area (Å²) >= 11 is 1.64. The number of imidazole rings is 1. The number of aromatic amines is 1. The Morgan fingerprint density at radius 3 is 3.10 bits per heavy atom. The molecule has 0 radical (unpaired) electrons. The van der Waals surface area contributed by atoms with Gasteiger partial charge in [-0.25, -0.2) is 15.0 Å². The summed E-state index contributed by atoms with van der Waals surface area (Å²) in [7, 11) is 0. The van der Waals surface area contributed by atoms with Crippen LogP contribution in [-0.2, 0) is 0 Å². The van der Waals surface area contributed by atoms with Crippen LogP contribution in [0.4, 0.5) is 5.69 Å². The van der Waals surface area contributed by atoms with Crippen LogP contribution in [0, 0.1) is 0 Å². The second-order valence-corrected chi connectivity index (χ2v) is 5.63. The summed E-state index contributed by atoms with van der Waals surface area (Å²) < 4.78 is 0. The number of rotatable bonds is 3. The number of hydrogen-bond acceptors (Lipinski definition) is 6. The number of thioether (sulfide) groups is 1. The van der Waals surface area contributed by atoms with E-state index in [-0.39, 0.29) is 6.17 Å². The monoisotopic (exact) mass is 296 g/mol. The molecule has 0 fully saturated rings. The van der Waals surface area contributed by atoms with Crippen molar-refractivity contribution >= 4 is 34.8 Å². The van der Waals surface area contributed by atoms with E-state index in [1.54, 1.807) is 24.4 Å². The van der Waals surface area contributed by atoms with Crippen LogP contribution in [0.2, 0.25) is 0 Å². The zero-order valence-corrected chi connectivity index (χ0v) is 11.8. The lowest BCUT2D eigenvalue weighted by molar-refractivity contribution is 0.860. The molecule has 1 atom stereocenters. The molecular weight excluding hydrogens is 284 g/mol. The molecule has 0 amide bonds. The first kappa shape index (κ1) is 12.3. The Labute approximate surface area is 125 Å². The lowest BCUT2D eigenvalue weighted by Gasteiger charge is -2.21. The Hall–Kier alpha value is -2.41. The Morgan fingerprint density at radius 2 is 2.10 bits per heavy atom. The Morgan fingerprint density at radius 1 is 1.14 bits per heavy atom. The van der Waals surface area contributed by atoms with Crippen LogP contribution >= 0.6 is 11.8 Å². The summed E-state index contributed by atoms with van der Waals surface area (Å²) in [5, 5.41) is 4.32. The van der Waals surface area contributed by atoms with E-state index in [4.69, 9.17) is 0 Å². The molecule has 0 aliphatic carbocycles. The summed E-state index contributed by atoms with van der Waals surface area (Å²) in [6.45, 7) is 0. The number of aromatic nitrogens is 4. The van der Waals surface area contributed by atoms with Gasteiger partial charge in [-0.05, 0) is 6.07 Å². The van der Waals surface area contributed by atoms with Gasteiger partial charge in [-0.3, -0.25) is 4.99 Å². The highest BCUT2D eigenvalue weighted by molar-refractivity contribution is 7.99. The highest BCUT2D eigenvalue weighted by Gasteiger charge is 2.15. The van der Waals surface area contributed by atoms with Gasteiger partial charge in [0.25, 0.3) is 0 Å². The van der Waals surface area contributed by atoms with Crippen molar-refractivity contribution in [1.29, 1.82) is 0 Å². The minimum absolute atomic E-state index is 0.0397. The van der Waals surface area contributed by atoms with Crippen molar-refractivity contribution in [3.63, 3.8) is 0 Å². The molecule has 3 heterocycles. The maximum absolute atomic E-state index is 4.53. The molecule has 21 heavy (non-hydrogen) atoms. The van der Waals surface area contributed by atoms with E-state index in [0.717, 1.165) is 27.5 Å². The number of fused-ring (bicyclic) bond motifs is 2. The van der Waals surface area contributed by atoms with E-state index in [1.807, 2.05) is 24.4 Å². The third-order valence-corrected chi connectivity index (χ3v) is 4.31. The van der Waals surface area contributed by atoms with E-state index >= 15 is 0 Å². The fourth-order valence-corrected chi connectivity index (χ4v) is 3.12. The first-order valence-corrected chi connectivity index (χ1v) is 7.54. The number of hydrogen-bond donors (Lipinski definition) is 2. The van der Waals surface area contributed by atoms with Gasteiger partial charge >= 0.3 is 0 Å². The molecule has 1 unspecified atom stereocenters. The van der Waals surface area contributed by atoms with Crippen molar-refractivity contribution in [2.24, 2.45) is 4.99 Å². The standard InChI is InChI=1S/C14H12N6S/c1-2-4-10-9(3-1)5-15-11(20-10)6-21-14-12-13(17-7-16-12)18-8-19-14/h1-5,7-8,11,20H,6H2,(H,16,17,18,19). The molecule has 2 N–H and O–H groups in total. The molecule has 1 aromatic carbocycles. The van der Waals surface area contributed by atoms with Crippen LogP contribution in [0.3, 0.4) is 0 Å². The van der Waals surface area contributed by atoms with Crippen LogP contribution in [0.25, 0.3) is 11.2 Å². The average molecular weight is 296 g/mol. The van der Waals surface area contributed by atoms with Gasteiger partial charge in [0.05, 0.1) is 6.33 Å². The molecule has 1 aliphatic heterocycles. The minimum atomic E-state index is 0.0397. The molecule has 0 saturated heterocycles. The van der Waals surface area contributed by atoms with E-state index in [9.17, 15) is 0 Å². The van der Waals surface area contributed by atoms with Crippen molar-refractivity contribution in [1.82, 2.24) is 19.9 Å². The summed E-state index contributed by atoms with van der Waals surface area (Å²) in [5.74, 6) is 0.788. The number of nitrogens with one attached hydrogen (secondary N) is 2. The second kappa shape index (κ2) is 5.17. The van der Waals surface area contributed by atoms with Crippen LogP contribution < -0.4 is 5.32 Å². The molecule has 0 saturated carbocycles. The van der Waals surface area contributed by atoms with Crippen LogP contribution in [0.1, 0.15) is 5.56 Å². The predicted molar refractivity (Wildman–Crippen MR) is 83.9 cm³/mol. The quantitative estimate of drug-likeness (QED) is 0.573. The van der Waals surface area contributed by atoms with Crippen LogP contribution in [0.15, 0.2) is 46.9 Å². The maximum atomic E-state index is 4.53. The molecule has 0 spiro atoms. The number of aliphatic imine (C=N–C) groups is 1. The van der Waals surface area contributed by atoms with Gasteiger partial charge in [0.15, 0.2) is 5.65 Å². The normalized spacial score (nSPS) is 16.7. The lowest BCUT2D eigenvalue weighted by Crippen LogP contribution is -2.24. The van der Waals surface area contributed by atoms with Gasteiger partial charge in [0.1, 0.15) is 23.0 Å². The smallest absolute Gasteiger partial charge is 0.181 e. The van der Waals surface area contributed by atoms with Gasteiger partial charge in [-0.1, -0.05) is 30.0 Å². The number of nitrogens with zero attached hydrogens (tertiary/aromatic N) is 4. The van der Waals surface area contributed by atoms with Crippen LogP contribution in [0.5, 0.6) is 0 Å². The third kappa shape index (κ3) is 2.36. The highest BCUT2D eigenvalue weighted by Crippen LogP contribution is 2.25. The van der Waals surface area contributed by atoms with Crippen molar-refractivity contribution in [3.8, 4) is 0 Å². The van der Waals surface area contributed by atoms with Gasteiger partial charge in [0.2, 0.25) is 0 Å². The molecule has 7 heteroatoms. The predicted octanol–water partition coefficient (Wildman–Crippen LogP) is 2.32.